The highest BCUT2D eigenvalue weighted by Crippen LogP contribution is 2.41. The Kier molecular flexibility index (Phi) is 2.01. The monoisotopic (exact) mass is 215 g/mol. The summed E-state index contributed by atoms with van der Waals surface area (Å²) in [5.74, 6) is -0.165. The summed E-state index contributed by atoms with van der Waals surface area (Å²) in [6.45, 7) is 0. The molecule has 82 valence electrons. The molecule has 2 heteroatoms. The molecular weight excluding hydrogens is 201 g/mol. The molecule has 0 bridgehead atoms. The zero-order valence-corrected chi connectivity index (χ0v) is 9.04. The van der Waals surface area contributed by atoms with Crippen molar-refractivity contribution in [2.75, 3.05) is 0 Å². The molecular formula is C14H14FN. The van der Waals surface area contributed by atoms with Crippen LogP contribution >= 0.6 is 0 Å². The zero-order valence-electron chi connectivity index (χ0n) is 9.04. The molecule has 0 aromatic heterocycles. The van der Waals surface area contributed by atoms with Crippen LogP contribution in [0.3, 0.4) is 0 Å². The van der Waals surface area contributed by atoms with Gasteiger partial charge in [0.2, 0.25) is 0 Å². The molecule has 0 spiro atoms. The predicted octanol–water partition coefficient (Wildman–Crippen LogP) is 3.32. The van der Waals surface area contributed by atoms with Crippen LogP contribution in [0.25, 0.3) is 10.8 Å². The van der Waals surface area contributed by atoms with Crippen molar-refractivity contribution in [2.45, 2.75) is 24.8 Å². The van der Waals surface area contributed by atoms with Gasteiger partial charge in [0, 0.05) is 10.9 Å². The first-order valence-corrected chi connectivity index (χ1v) is 5.67. The number of nitrogens with two attached hydrogens (primary N) is 1. The van der Waals surface area contributed by atoms with Crippen molar-refractivity contribution in [3.05, 3.63) is 47.8 Å². The third-order valence-electron chi connectivity index (χ3n) is 3.65. The number of hydrogen-bond acceptors (Lipinski definition) is 1. The summed E-state index contributed by atoms with van der Waals surface area (Å²) in [7, 11) is 0. The molecule has 1 aliphatic rings. The van der Waals surface area contributed by atoms with Crippen LogP contribution in [0.2, 0.25) is 0 Å². The summed E-state index contributed by atoms with van der Waals surface area (Å²) in [5.41, 5.74) is 7.18. The predicted molar refractivity (Wildman–Crippen MR) is 63.6 cm³/mol. The third kappa shape index (κ3) is 1.26. The lowest BCUT2D eigenvalue weighted by Gasteiger charge is -2.39. The first-order chi connectivity index (χ1) is 7.71. The topological polar surface area (TPSA) is 26.0 Å². The lowest BCUT2D eigenvalue weighted by Crippen LogP contribution is -2.43. The van der Waals surface area contributed by atoms with E-state index in [4.69, 9.17) is 5.73 Å². The summed E-state index contributed by atoms with van der Waals surface area (Å²) in [4.78, 5) is 0. The fourth-order valence-electron chi connectivity index (χ4n) is 2.53. The molecule has 2 aromatic carbocycles. The van der Waals surface area contributed by atoms with Gasteiger partial charge in [0.05, 0.1) is 0 Å². The molecule has 0 saturated heterocycles. The van der Waals surface area contributed by atoms with Crippen LogP contribution < -0.4 is 5.73 Å². The Balaban J connectivity index is 2.29. The van der Waals surface area contributed by atoms with Crippen LogP contribution in [-0.4, -0.2) is 0 Å². The van der Waals surface area contributed by atoms with Crippen LogP contribution in [0, 0.1) is 5.82 Å². The minimum absolute atomic E-state index is 0.165. The Morgan fingerprint density at radius 2 is 1.69 bits per heavy atom. The number of halogens is 1. The Labute approximate surface area is 94.1 Å². The molecule has 0 unspecified atom stereocenters. The second-order valence-corrected chi connectivity index (χ2v) is 4.65. The lowest BCUT2D eigenvalue weighted by atomic mass is 9.71. The maximum atomic E-state index is 13.6. The van der Waals surface area contributed by atoms with E-state index in [1.54, 1.807) is 6.07 Å². The number of benzene rings is 2. The summed E-state index contributed by atoms with van der Waals surface area (Å²) in [6, 6.07) is 10.9. The molecule has 1 saturated carbocycles. The van der Waals surface area contributed by atoms with E-state index in [0.717, 1.165) is 23.8 Å². The van der Waals surface area contributed by atoms with E-state index < -0.39 is 0 Å². The zero-order chi connectivity index (χ0) is 11.2. The molecule has 0 aliphatic heterocycles. The number of rotatable bonds is 1. The van der Waals surface area contributed by atoms with Crippen LogP contribution in [0.4, 0.5) is 4.39 Å². The molecule has 0 radical (unpaired) electrons. The summed E-state index contributed by atoms with van der Waals surface area (Å²) in [6.07, 6.45) is 3.17. The molecule has 2 aromatic rings. The first-order valence-electron chi connectivity index (χ1n) is 5.67. The van der Waals surface area contributed by atoms with E-state index in [0.29, 0.717) is 5.39 Å². The number of hydrogen-bond donors (Lipinski definition) is 1. The molecule has 0 amide bonds. The SMILES string of the molecule is NC1(c2cccc3c(F)cccc23)CCC1. The standard InChI is InChI=1S/C14H14FN/c15-13-7-2-4-10-11(13)5-1-6-12(10)14(16)8-3-9-14/h1-2,4-7H,3,8-9,16H2. The minimum Gasteiger partial charge on any atom is -0.321 e. The van der Waals surface area contributed by atoms with Gasteiger partial charge in [0.1, 0.15) is 5.82 Å². The molecule has 0 atom stereocenters. The second-order valence-electron chi connectivity index (χ2n) is 4.65. The van der Waals surface area contributed by atoms with Gasteiger partial charge in [-0.25, -0.2) is 4.39 Å². The fourth-order valence-corrected chi connectivity index (χ4v) is 2.53. The Hall–Kier alpha value is -1.41. The molecule has 16 heavy (non-hydrogen) atoms. The van der Waals surface area contributed by atoms with Gasteiger partial charge >= 0.3 is 0 Å². The van der Waals surface area contributed by atoms with Crippen molar-refractivity contribution in [1.29, 1.82) is 0 Å². The quantitative estimate of drug-likeness (QED) is 0.776. The average molecular weight is 215 g/mol. The summed E-state index contributed by atoms with van der Waals surface area (Å²) in [5, 5.41) is 1.64. The number of fused-ring (bicyclic) bond motifs is 1. The average Bonchev–Trinajstić information content (AvgIpc) is 2.26. The van der Waals surface area contributed by atoms with Crippen molar-refractivity contribution >= 4 is 10.8 Å². The summed E-state index contributed by atoms with van der Waals surface area (Å²) >= 11 is 0. The van der Waals surface area contributed by atoms with Gasteiger partial charge in [0.25, 0.3) is 0 Å². The van der Waals surface area contributed by atoms with Gasteiger partial charge in [-0.15, -0.1) is 0 Å². The van der Waals surface area contributed by atoms with Gasteiger partial charge in [-0.3, -0.25) is 0 Å². The largest absolute Gasteiger partial charge is 0.321 e. The first kappa shape index (κ1) is 9.79. The van der Waals surface area contributed by atoms with Crippen molar-refractivity contribution in [1.82, 2.24) is 0 Å². The van der Waals surface area contributed by atoms with Crippen molar-refractivity contribution < 1.29 is 4.39 Å². The molecule has 1 aliphatic carbocycles. The van der Waals surface area contributed by atoms with Crippen LogP contribution in [0.15, 0.2) is 36.4 Å². The Morgan fingerprint density at radius 3 is 2.38 bits per heavy atom. The highest BCUT2D eigenvalue weighted by Gasteiger charge is 2.35. The van der Waals surface area contributed by atoms with Gasteiger partial charge in [-0.2, -0.15) is 0 Å². The lowest BCUT2D eigenvalue weighted by molar-refractivity contribution is 0.256. The minimum atomic E-state index is -0.229. The van der Waals surface area contributed by atoms with E-state index in [9.17, 15) is 4.39 Å². The molecule has 1 fully saturated rings. The normalized spacial score (nSPS) is 18.4. The van der Waals surface area contributed by atoms with Gasteiger partial charge < -0.3 is 5.73 Å². The van der Waals surface area contributed by atoms with Crippen molar-refractivity contribution in [3.63, 3.8) is 0 Å². The van der Waals surface area contributed by atoms with Crippen molar-refractivity contribution in [2.24, 2.45) is 5.73 Å². The Bertz CT molecular complexity index is 543. The maximum absolute atomic E-state index is 13.6. The van der Waals surface area contributed by atoms with Gasteiger partial charge in [-0.1, -0.05) is 30.3 Å². The molecule has 0 heterocycles. The van der Waals surface area contributed by atoms with E-state index in [-0.39, 0.29) is 11.4 Å². The van der Waals surface area contributed by atoms with Crippen LogP contribution in [0.1, 0.15) is 24.8 Å². The van der Waals surface area contributed by atoms with E-state index in [1.165, 1.54) is 12.5 Å². The van der Waals surface area contributed by atoms with E-state index in [1.807, 2.05) is 24.3 Å². The van der Waals surface area contributed by atoms with Crippen LogP contribution in [-0.2, 0) is 5.54 Å². The van der Waals surface area contributed by atoms with Gasteiger partial charge in [-0.05, 0) is 36.3 Å². The summed E-state index contributed by atoms with van der Waals surface area (Å²) < 4.78 is 13.6. The molecule has 1 nitrogen and oxygen atoms in total. The second kappa shape index (κ2) is 3.29. The Morgan fingerprint density at radius 1 is 1.00 bits per heavy atom. The maximum Gasteiger partial charge on any atom is 0.131 e. The van der Waals surface area contributed by atoms with Crippen molar-refractivity contribution in [3.8, 4) is 0 Å². The third-order valence-corrected chi connectivity index (χ3v) is 3.65. The highest BCUT2D eigenvalue weighted by atomic mass is 19.1. The smallest absolute Gasteiger partial charge is 0.131 e. The van der Waals surface area contributed by atoms with E-state index >= 15 is 0 Å². The fraction of sp³-hybridized carbons (Fsp3) is 0.286. The molecule has 3 rings (SSSR count). The van der Waals surface area contributed by atoms with E-state index in [2.05, 4.69) is 0 Å². The van der Waals surface area contributed by atoms with Crippen LogP contribution in [0.5, 0.6) is 0 Å². The highest BCUT2D eigenvalue weighted by molar-refractivity contribution is 5.87. The van der Waals surface area contributed by atoms with Gasteiger partial charge in [0.15, 0.2) is 0 Å². The molecule has 2 N–H and O–H groups in total.